The van der Waals surface area contributed by atoms with Crippen LogP contribution in [0.2, 0.25) is 0 Å². The van der Waals surface area contributed by atoms with Crippen LogP contribution in [-0.4, -0.2) is 29.8 Å². The summed E-state index contributed by atoms with van der Waals surface area (Å²) in [6, 6.07) is 0. The first-order chi connectivity index (χ1) is 7.65. The Morgan fingerprint density at radius 3 is 2.56 bits per heavy atom. The lowest BCUT2D eigenvalue weighted by Crippen LogP contribution is -2.26. The van der Waals surface area contributed by atoms with Gasteiger partial charge in [-0.25, -0.2) is 0 Å². The van der Waals surface area contributed by atoms with Gasteiger partial charge in [-0.1, -0.05) is 26.7 Å². The molecule has 1 rings (SSSR count). The van der Waals surface area contributed by atoms with E-state index >= 15 is 0 Å². The molecule has 1 aliphatic heterocycles. The van der Waals surface area contributed by atoms with Gasteiger partial charge in [-0.05, 0) is 24.7 Å². The SMILES string of the molecule is CC(C)C1CC(=O)N(CCCCCCCl)C1. The summed E-state index contributed by atoms with van der Waals surface area (Å²) in [5.41, 5.74) is 0. The third kappa shape index (κ3) is 4.32. The summed E-state index contributed by atoms with van der Waals surface area (Å²) in [6.45, 7) is 6.35. The van der Waals surface area contributed by atoms with Crippen molar-refractivity contribution in [1.82, 2.24) is 4.90 Å². The molecule has 1 saturated heterocycles. The third-order valence-electron chi connectivity index (χ3n) is 3.50. The van der Waals surface area contributed by atoms with E-state index in [0.29, 0.717) is 17.7 Å². The maximum Gasteiger partial charge on any atom is 0.222 e. The molecule has 0 aromatic heterocycles. The highest BCUT2D eigenvalue weighted by molar-refractivity contribution is 6.17. The zero-order valence-corrected chi connectivity index (χ0v) is 11.3. The number of halogens is 1. The lowest BCUT2D eigenvalue weighted by molar-refractivity contribution is -0.127. The van der Waals surface area contributed by atoms with Crippen molar-refractivity contribution in [3.8, 4) is 0 Å². The van der Waals surface area contributed by atoms with Gasteiger partial charge in [-0.15, -0.1) is 11.6 Å². The quantitative estimate of drug-likeness (QED) is 0.498. The monoisotopic (exact) mass is 245 g/mol. The van der Waals surface area contributed by atoms with Crippen molar-refractivity contribution in [2.75, 3.05) is 19.0 Å². The van der Waals surface area contributed by atoms with E-state index in [-0.39, 0.29) is 0 Å². The molecule has 0 spiro atoms. The number of carbonyl (C=O) groups is 1. The van der Waals surface area contributed by atoms with Gasteiger partial charge in [0.15, 0.2) is 0 Å². The van der Waals surface area contributed by atoms with Crippen LogP contribution in [0.3, 0.4) is 0 Å². The molecular weight excluding hydrogens is 222 g/mol. The van der Waals surface area contributed by atoms with E-state index < -0.39 is 0 Å². The average Bonchev–Trinajstić information content (AvgIpc) is 2.60. The second-order valence-corrected chi connectivity index (χ2v) is 5.53. The third-order valence-corrected chi connectivity index (χ3v) is 3.77. The fourth-order valence-corrected chi connectivity index (χ4v) is 2.41. The molecule has 1 atom stereocenters. The van der Waals surface area contributed by atoms with Crippen LogP contribution in [0.25, 0.3) is 0 Å². The summed E-state index contributed by atoms with van der Waals surface area (Å²) in [4.78, 5) is 13.8. The largest absolute Gasteiger partial charge is 0.342 e. The van der Waals surface area contributed by atoms with E-state index in [9.17, 15) is 4.79 Å². The molecule has 0 radical (unpaired) electrons. The van der Waals surface area contributed by atoms with Crippen molar-refractivity contribution >= 4 is 17.5 Å². The van der Waals surface area contributed by atoms with Gasteiger partial charge in [0.2, 0.25) is 5.91 Å². The van der Waals surface area contributed by atoms with Crippen molar-refractivity contribution in [2.45, 2.75) is 46.0 Å². The second kappa shape index (κ2) is 7.16. The first kappa shape index (κ1) is 13.8. The Labute approximate surface area is 104 Å². The second-order valence-electron chi connectivity index (χ2n) is 5.15. The minimum atomic E-state index is 0.357. The van der Waals surface area contributed by atoms with Crippen LogP contribution in [0.1, 0.15) is 46.0 Å². The first-order valence-corrected chi connectivity index (χ1v) is 7.02. The predicted molar refractivity (Wildman–Crippen MR) is 68.7 cm³/mol. The highest BCUT2D eigenvalue weighted by Crippen LogP contribution is 2.24. The van der Waals surface area contributed by atoms with Gasteiger partial charge >= 0.3 is 0 Å². The predicted octanol–water partition coefficient (Wildman–Crippen LogP) is 3.29. The van der Waals surface area contributed by atoms with Gasteiger partial charge in [-0.3, -0.25) is 4.79 Å². The summed E-state index contributed by atoms with van der Waals surface area (Å²) >= 11 is 5.62. The standard InChI is InChI=1S/C13H24ClNO/c1-11(2)12-9-13(16)15(10-12)8-6-4-3-5-7-14/h11-12H,3-10H2,1-2H3. The fraction of sp³-hybridized carbons (Fsp3) is 0.923. The number of hydrogen-bond donors (Lipinski definition) is 0. The van der Waals surface area contributed by atoms with E-state index in [1.807, 2.05) is 4.90 Å². The van der Waals surface area contributed by atoms with E-state index in [1.54, 1.807) is 0 Å². The molecule has 94 valence electrons. The van der Waals surface area contributed by atoms with Crippen LogP contribution in [-0.2, 0) is 4.79 Å². The lowest BCUT2D eigenvalue weighted by Gasteiger charge is -2.17. The van der Waals surface area contributed by atoms with Gasteiger partial charge in [0.05, 0.1) is 0 Å². The number of amides is 1. The van der Waals surface area contributed by atoms with Crippen molar-refractivity contribution in [3.63, 3.8) is 0 Å². The average molecular weight is 246 g/mol. The molecule has 1 unspecified atom stereocenters. The number of unbranched alkanes of at least 4 members (excludes halogenated alkanes) is 3. The van der Waals surface area contributed by atoms with Gasteiger partial charge in [0.25, 0.3) is 0 Å². The number of hydrogen-bond acceptors (Lipinski definition) is 1. The van der Waals surface area contributed by atoms with Gasteiger partial charge < -0.3 is 4.90 Å². The van der Waals surface area contributed by atoms with E-state index in [2.05, 4.69) is 13.8 Å². The normalized spacial score (nSPS) is 21.1. The molecule has 1 amide bonds. The molecule has 16 heavy (non-hydrogen) atoms. The number of likely N-dealkylation sites (tertiary alicyclic amines) is 1. The van der Waals surface area contributed by atoms with Crippen molar-refractivity contribution in [2.24, 2.45) is 11.8 Å². The highest BCUT2D eigenvalue weighted by Gasteiger charge is 2.30. The molecule has 2 nitrogen and oxygen atoms in total. The first-order valence-electron chi connectivity index (χ1n) is 6.49. The van der Waals surface area contributed by atoms with E-state index in [4.69, 9.17) is 11.6 Å². The number of nitrogens with zero attached hydrogens (tertiary/aromatic N) is 1. The van der Waals surface area contributed by atoms with Gasteiger partial charge in [-0.2, -0.15) is 0 Å². The molecule has 3 heteroatoms. The van der Waals surface area contributed by atoms with Crippen molar-refractivity contribution < 1.29 is 4.79 Å². The van der Waals surface area contributed by atoms with Crippen LogP contribution < -0.4 is 0 Å². The maximum absolute atomic E-state index is 11.7. The van der Waals surface area contributed by atoms with Crippen LogP contribution in [0.15, 0.2) is 0 Å². The zero-order valence-electron chi connectivity index (χ0n) is 10.5. The molecule has 0 aromatic carbocycles. The Balaban J connectivity index is 2.15. The minimum Gasteiger partial charge on any atom is -0.342 e. The molecule has 0 aliphatic carbocycles. The summed E-state index contributed by atoms with van der Waals surface area (Å²) in [7, 11) is 0. The molecule has 0 saturated carbocycles. The summed E-state index contributed by atoms with van der Waals surface area (Å²) < 4.78 is 0. The molecular formula is C13H24ClNO. The summed E-state index contributed by atoms with van der Waals surface area (Å²) in [5.74, 6) is 2.33. The molecule has 0 N–H and O–H groups in total. The van der Waals surface area contributed by atoms with E-state index in [0.717, 1.165) is 38.2 Å². The van der Waals surface area contributed by atoms with Crippen LogP contribution in [0, 0.1) is 11.8 Å². The van der Waals surface area contributed by atoms with E-state index in [1.165, 1.54) is 12.8 Å². The molecule has 1 fully saturated rings. The van der Waals surface area contributed by atoms with Gasteiger partial charge in [0.1, 0.15) is 0 Å². The Morgan fingerprint density at radius 1 is 1.31 bits per heavy atom. The molecule has 0 aromatic rings. The smallest absolute Gasteiger partial charge is 0.222 e. The number of alkyl halides is 1. The Morgan fingerprint density at radius 2 is 2.00 bits per heavy atom. The Hall–Kier alpha value is -0.240. The number of rotatable bonds is 7. The fourth-order valence-electron chi connectivity index (χ4n) is 2.22. The van der Waals surface area contributed by atoms with Crippen molar-refractivity contribution in [1.29, 1.82) is 0 Å². The number of carbonyl (C=O) groups excluding carboxylic acids is 1. The summed E-state index contributed by atoms with van der Waals surface area (Å²) in [5, 5.41) is 0. The Bertz CT molecular complexity index is 218. The Kier molecular flexibility index (Phi) is 6.18. The summed E-state index contributed by atoms with van der Waals surface area (Å²) in [6.07, 6.45) is 5.39. The topological polar surface area (TPSA) is 20.3 Å². The lowest BCUT2D eigenvalue weighted by atomic mass is 9.95. The molecule has 0 bridgehead atoms. The maximum atomic E-state index is 11.7. The molecule has 1 aliphatic rings. The van der Waals surface area contributed by atoms with Crippen LogP contribution >= 0.6 is 11.6 Å². The van der Waals surface area contributed by atoms with Crippen LogP contribution in [0.4, 0.5) is 0 Å². The van der Waals surface area contributed by atoms with Crippen LogP contribution in [0.5, 0.6) is 0 Å². The minimum absolute atomic E-state index is 0.357. The molecule has 1 heterocycles. The van der Waals surface area contributed by atoms with Crippen molar-refractivity contribution in [3.05, 3.63) is 0 Å². The highest BCUT2D eigenvalue weighted by atomic mass is 35.5. The van der Waals surface area contributed by atoms with Gasteiger partial charge in [0, 0.05) is 25.4 Å². The zero-order chi connectivity index (χ0) is 12.0.